The van der Waals surface area contributed by atoms with Gasteiger partial charge in [-0.2, -0.15) is 0 Å². The minimum Gasteiger partial charge on any atom is -0.478 e. The number of piperidine rings is 1. The largest absolute Gasteiger partial charge is 0.478 e. The molecule has 1 aromatic rings. The van der Waals surface area contributed by atoms with E-state index < -0.39 is 11.6 Å². The Hall–Kier alpha value is -2.11. The van der Waals surface area contributed by atoms with Crippen molar-refractivity contribution >= 4 is 17.6 Å². The Bertz CT molecular complexity index is 572. The molecule has 0 aromatic carbocycles. The fraction of sp³-hybridized carbons (Fsp3) is 0.588. The van der Waals surface area contributed by atoms with E-state index in [-0.39, 0.29) is 17.5 Å². The molecule has 0 radical (unpaired) electrons. The zero-order valence-electron chi connectivity index (χ0n) is 13.9. The lowest BCUT2D eigenvalue weighted by atomic mass is 9.93. The van der Waals surface area contributed by atoms with E-state index in [2.05, 4.69) is 4.98 Å². The van der Waals surface area contributed by atoms with Crippen molar-refractivity contribution < 1.29 is 19.4 Å². The summed E-state index contributed by atoms with van der Waals surface area (Å²) in [5.74, 6) is -0.826. The average molecular weight is 320 g/mol. The van der Waals surface area contributed by atoms with E-state index in [4.69, 9.17) is 4.74 Å². The van der Waals surface area contributed by atoms with E-state index in [1.165, 1.54) is 12.3 Å². The normalized spacial score (nSPS) is 16.2. The standard InChI is InChI=1S/C17H24N2O4/c1-17(2,3)23-15(20)10-12-5-8-19(9-6-12)14-11-18-7-4-13(14)16(21)22/h4,7,11-12H,5-6,8-10H2,1-3H3,(H,21,22). The van der Waals surface area contributed by atoms with Crippen molar-refractivity contribution in [1.82, 2.24) is 4.98 Å². The van der Waals surface area contributed by atoms with Gasteiger partial charge in [-0.3, -0.25) is 9.78 Å². The third-order valence-electron chi connectivity index (χ3n) is 3.86. The van der Waals surface area contributed by atoms with Gasteiger partial charge in [0.15, 0.2) is 0 Å². The van der Waals surface area contributed by atoms with Crippen LogP contribution < -0.4 is 4.90 Å². The molecule has 0 amide bonds. The Kier molecular flexibility index (Phi) is 5.23. The SMILES string of the molecule is CC(C)(C)OC(=O)CC1CCN(c2cnccc2C(=O)O)CC1. The summed E-state index contributed by atoms with van der Waals surface area (Å²) in [6, 6.07) is 1.52. The highest BCUT2D eigenvalue weighted by Gasteiger charge is 2.26. The molecule has 1 aromatic heterocycles. The molecule has 23 heavy (non-hydrogen) atoms. The maximum absolute atomic E-state index is 11.9. The highest BCUT2D eigenvalue weighted by molar-refractivity contribution is 5.94. The molecule has 6 heteroatoms. The van der Waals surface area contributed by atoms with Gasteiger partial charge in [0.05, 0.1) is 17.4 Å². The van der Waals surface area contributed by atoms with Crippen LogP contribution in [0.4, 0.5) is 5.69 Å². The van der Waals surface area contributed by atoms with Gasteiger partial charge in [-0.05, 0) is 45.6 Å². The molecule has 6 nitrogen and oxygen atoms in total. The number of carbonyl (C=O) groups excluding carboxylic acids is 1. The highest BCUT2D eigenvalue weighted by Crippen LogP contribution is 2.28. The Morgan fingerprint density at radius 1 is 1.35 bits per heavy atom. The second-order valence-electron chi connectivity index (χ2n) is 6.92. The van der Waals surface area contributed by atoms with Gasteiger partial charge < -0.3 is 14.7 Å². The van der Waals surface area contributed by atoms with Crippen molar-refractivity contribution in [1.29, 1.82) is 0 Å². The highest BCUT2D eigenvalue weighted by atomic mass is 16.6. The van der Waals surface area contributed by atoms with Crippen molar-refractivity contribution in [3.05, 3.63) is 24.0 Å². The number of carboxylic acid groups (broad SMARTS) is 1. The number of carbonyl (C=O) groups is 2. The van der Waals surface area contributed by atoms with Gasteiger partial charge in [0, 0.05) is 25.7 Å². The summed E-state index contributed by atoms with van der Waals surface area (Å²) in [6.07, 6.45) is 5.18. The molecular formula is C17H24N2O4. The number of ether oxygens (including phenoxy) is 1. The molecule has 0 spiro atoms. The van der Waals surface area contributed by atoms with Crippen molar-refractivity contribution in [2.75, 3.05) is 18.0 Å². The zero-order valence-corrected chi connectivity index (χ0v) is 13.9. The van der Waals surface area contributed by atoms with Gasteiger partial charge in [-0.1, -0.05) is 0 Å². The minimum absolute atomic E-state index is 0.163. The van der Waals surface area contributed by atoms with Gasteiger partial charge in [0.1, 0.15) is 5.60 Å². The Morgan fingerprint density at radius 3 is 2.57 bits per heavy atom. The van der Waals surface area contributed by atoms with Crippen molar-refractivity contribution in [3.63, 3.8) is 0 Å². The van der Waals surface area contributed by atoms with E-state index in [0.717, 1.165) is 25.9 Å². The number of anilines is 1. The molecule has 0 bridgehead atoms. The summed E-state index contributed by atoms with van der Waals surface area (Å²) < 4.78 is 5.36. The summed E-state index contributed by atoms with van der Waals surface area (Å²) in [7, 11) is 0. The molecule has 0 unspecified atom stereocenters. The monoisotopic (exact) mass is 320 g/mol. The van der Waals surface area contributed by atoms with Gasteiger partial charge in [0.2, 0.25) is 0 Å². The average Bonchev–Trinajstić information content (AvgIpc) is 2.46. The van der Waals surface area contributed by atoms with Crippen LogP contribution in [0.3, 0.4) is 0 Å². The molecule has 1 fully saturated rings. The number of carboxylic acids is 1. The first-order valence-electron chi connectivity index (χ1n) is 7.90. The van der Waals surface area contributed by atoms with Crippen LogP contribution in [-0.2, 0) is 9.53 Å². The molecule has 0 aliphatic carbocycles. The van der Waals surface area contributed by atoms with Crippen LogP contribution in [0.1, 0.15) is 50.4 Å². The maximum atomic E-state index is 11.9. The molecule has 0 saturated carbocycles. The lowest BCUT2D eigenvalue weighted by molar-refractivity contribution is -0.156. The van der Waals surface area contributed by atoms with Crippen molar-refractivity contribution in [2.45, 2.75) is 45.6 Å². The fourth-order valence-electron chi connectivity index (χ4n) is 2.82. The molecule has 2 heterocycles. The summed E-state index contributed by atoms with van der Waals surface area (Å²) in [5, 5.41) is 9.26. The Balaban J connectivity index is 1.92. The number of nitrogens with zero attached hydrogens (tertiary/aromatic N) is 2. The van der Waals surface area contributed by atoms with E-state index in [9.17, 15) is 14.7 Å². The second-order valence-corrected chi connectivity index (χ2v) is 6.92. The predicted octanol–water partition coefficient (Wildman–Crippen LogP) is 2.73. The van der Waals surface area contributed by atoms with Crippen molar-refractivity contribution in [3.8, 4) is 0 Å². The van der Waals surface area contributed by atoms with Gasteiger partial charge in [-0.15, -0.1) is 0 Å². The van der Waals surface area contributed by atoms with E-state index in [0.29, 0.717) is 12.1 Å². The van der Waals surface area contributed by atoms with Crippen molar-refractivity contribution in [2.24, 2.45) is 5.92 Å². The lowest BCUT2D eigenvalue weighted by Crippen LogP contribution is -2.36. The first kappa shape index (κ1) is 17.2. The molecule has 1 aliphatic heterocycles. The second kappa shape index (κ2) is 6.98. The molecule has 1 aliphatic rings. The van der Waals surface area contributed by atoms with Crippen LogP contribution in [0.5, 0.6) is 0 Å². The van der Waals surface area contributed by atoms with Gasteiger partial charge >= 0.3 is 11.9 Å². The minimum atomic E-state index is -0.946. The Labute approximate surface area is 136 Å². The molecule has 126 valence electrons. The van der Waals surface area contributed by atoms with E-state index in [1.807, 2.05) is 25.7 Å². The fourth-order valence-corrected chi connectivity index (χ4v) is 2.82. The molecule has 0 atom stereocenters. The number of aromatic nitrogens is 1. The molecule has 2 rings (SSSR count). The van der Waals surface area contributed by atoms with Crippen LogP contribution in [0.2, 0.25) is 0 Å². The van der Waals surface area contributed by atoms with Crippen LogP contribution in [0.25, 0.3) is 0 Å². The topological polar surface area (TPSA) is 79.7 Å². The molecular weight excluding hydrogens is 296 g/mol. The first-order valence-corrected chi connectivity index (χ1v) is 7.90. The third-order valence-corrected chi connectivity index (χ3v) is 3.86. The first-order chi connectivity index (χ1) is 10.8. The maximum Gasteiger partial charge on any atom is 0.337 e. The smallest absolute Gasteiger partial charge is 0.337 e. The lowest BCUT2D eigenvalue weighted by Gasteiger charge is -2.34. The molecule has 1 saturated heterocycles. The van der Waals surface area contributed by atoms with Crippen LogP contribution >= 0.6 is 0 Å². The third kappa shape index (κ3) is 4.94. The van der Waals surface area contributed by atoms with Crippen LogP contribution in [-0.4, -0.2) is 40.7 Å². The number of esters is 1. The number of rotatable bonds is 4. The van der Waals surface area contributed by atoms with E-state index >= 15 is 0 Å². The number of hydrogen-bond donors (Lipinski definition) is 1. The van der Waals surface area contributed by atoms with Crippen LogP contribution in [0, 0.1) is 5.92 Å². The summed E-state index contributed by atoms with van der Waals surface area (Å²) in [5.41, 5.74) is 0.463. The quantitative estimate of drug-likeness (QED) is 0.859. The number of pyridine rings is 1. The van der Waals surface area contributed by atoms with Gasteiger partial charge in [-0.25, -0.2) is 4.79 Å². The van der Waals surface area contributed by atoms with Crippen LogP contribution in [0.15, 0.2) is 18.5 Å². The summed E-state index contributed by atoms with van der Waals surface area (Å²) >= 11 is 0. The van der Waals surface area contributed by atoms with Gasteiger partial charge in [0.25, 0.3) is 0 Å². The molecule has 1 N–H and O–H groups in total. The Morgan fingerprint density at radius 2 is 2.00 bits per heavy atom. The zero-order chi connectivity index (χ0) is 17.0. The summed E-state index contributed by atoms with van der Waals surface area (Å²) in [4.78, 5) is 29.3. The number of hydrogen-bond acceptors (Lipinski definition) is 5. The number of aromatic carboxylic acids is 1. The van der Waals surface area contributed by atoms with E-state index in [1.54, 1.807) is 6.20 Å². The predicted molar refractivity (Wildman–Crippen MR) is 86.6 cm³/mol. The summed E-state index contributed by atoms with van der Waals surface area (Å²) in [6.45, 7) is 7.04.